The number of unbranched alkanes of at least 4 members (excludes halogenated alkanes) is 5. The number of rotatable bonds is 13. The van der Waals surface area contributed by atoms with Gasteiger partial charge >= 0.3 is 11.9 Å². The molecule has 1 aromatic carbocycles. The van der Waals surface area contributed by atoms with Gasteiger partial charge in [-0.05, 0) is 43.0 Å². The van der Waals surface area contributed by atoms with Gasteiger partial charge in [-0.2, -0.15) is 0 Å². The molecule has 0 unspecified atom stereocenters. The highest BCUT2D eigenvalue weighted by Gasteiger charge is 2.06. The molecule has 0 aliphatic heterocycles. The third kappa shape index (κ3) is 11.4. The summed E-state index contributed by atoms with van der Waals surface area (Å²) in [6.07, 6.45) is 7.34. The van der Waals surface area contributed by atoms with Gasteiger partial charge in [0.2, 0.25) is 0 Å². The van der Waals surface area contributed by atoms with Crippen LogP contribution in [0.5, 0.6) is 0 Å². The third-order valence-electron chi connectivity index (χ3n) is 3.84. The molecule has 0 spiro atoms. The molecule has 0 radical (unpaired) electrons. The van der Waals surface area contributed by atoms with Gasteiger partial charge in [0.1, 0.15) is 6.61 Å². The molecular formula is C20H28Cl2O4. The van der Waals surface area contributed by atoms with Crippen molar-refractivity contribution in [2.75, 3.05) is 6.61 Å². The third-order valence-corrected chi connectivity index (χ3v) is 4.28. The first-order valence-corrected chi connectivity index (χ1v) is 10.0. The zero-order chi connectivity index (χ0) is 19.2. The average Bonchev–Trinajstić information content (AvgIpc) is 2.58. The average molecular weight is 403 g/mol. The Morgan fingerprint density at radius 1 is 0.808 bits per heavy atom. The van der Waals surface area contributed by atoms with Crippen LogP contribution >= 0.6 is 23.2 Å². The predicted molar refractivity (Wildman–Crippen MR) is 104 cm³/mol. The van der Waals surface area contributed by atoms with E-state index in [9.17, 15) is 9.59 Å². The summed E-state index contributed by atoms with van der Waals surface area (Å²) < 4.78 is 10.4. The number of carbonyl (C=O) groups is 2. The zero-order valence-electron chi connectivity index (χ0n) is 15.4. The Hall–Kier alpha value is -1.26. The minimum Gasteiger partial charge on any atom is -0.466 e. The van der Waals surface area contributed by atoms with Crippen molar-refractivity contribution in [2.24, 2.45) is 0 Å². The van der Waals surface area contributed by atoms with Crippen LogP contribution in [0.1, 0.15) is 70.3 Å². The van der Waals surface area contributed by atoms with Crippen molar-refractivity contribution in [3.05, 3.63) is 33.8 Å². The van der Waals surface area contributed by atoms with E-state index < -0.39 is 0 Å². The molecule has 0 N–H and O–H groups in total. The molecule has 0 atom stereocenters. The summed E-state index contributed by atoms with van der Waals surface area (Å²) in [5.41, 5.74) is 0.762. The van der Waals surface area contributed by atoms with Gasteiger partial charge in [-0.15, -0.1) is 0 Å². The van der Waals surface area contributed by atoms with Crippen LogP contribution in [-0.4, -0.2) is 18.5 Å². The quantitative estimate of drug-likeness (QED) is 0.295. The first kappa shape index (κ1) is 22.8. The second kappa shape index (κ2) is 13.9. The van der Waals surface area contributed by atoms with E-state index in [0.29, 0.717) is 35.9 Å². The molecule has 0 heterocycles. The van der Waals surface area contributed by atoms with E-state index >= 15 is 0 Å². The summed E-state index contributed by atoms with van der Waals surface area (Å²) >= 11 is 11.8. The monoisotopic (exact) mass is 402 g/mol. The lowest BCUT2D eigenvalue weighted by Crippen LogP contribution is -2.06. The fraction of sp³-hybridized carbons (Fsp3) is 0.600. The Bertz CT molecular complexity index is 540. The maximum Gasteiger partial charge on any atom is 0.306 e. The van der Waals surface area contributed by atoms with Gasteiger partial charge in [0.05, 0.1) is 6.61 Å². The van der Waals surface area contributed by atoms with Crippen LogP contribution in [0.3, 0.4) is 0 Å². The Morgan fingerprint density at radius 3 is 2.00 bits per heavy atom. The first-order valence-electron chi connectivity index (χ1n) is 9.27. The van der Waals surface area contributed by atoms with Gasteiger partial charge in [-0.3, -0.25) is 9.59 Å². The van der Waals surface area contributed by atoms with E-state index in [1.165, 1.54) is 12.8 Å². The molecule has 0 fully saturated rings. The summed E-state index contributed by atoms with van der Waals surface area (Å²) in [4.78, 5) is 23.3. The summed E-state index contributed by atoms with van der Waals surface area (Å²) in [5.74, 6) is -0.415. The number of halogens is 2. The van der Waals surface area contributed by atoms with E-state index in [4.69, 9.17) is 32.7 Å². The molecule has 0 saturated heterocycles. The molecule has 0 bridgehead atoms. The van der Waals surface area contributed by atoms with Crippen LogP contribution in [0.4, 0.5) is 0 Å². The van der Waals surface area contributed by atoms with Gasteiger partial charge in [-0.25, -0.2) is 0 Å². The van der Waals surface area contributed by atoms with Crippen molar-refractivity contribution in [1.29, 1.82) is 0 Å². The minimum absolute atomic E-state index is 0.151. The second-order valence-electron chi connectivity index (χ2n) is 6.28. The Balaban J connectivity index is 2.03. The molecule has 0 saturated carbocycles. The molecule has 6 heteroatoms. The lowest BCUT2D eigenvalue weighted by molar-refractivity contribution is -0.145. The van der Waals surface area contributed by atoms with Crippen LogP contribution in [0.2, 0.25) is 10.0 Å². The first-order chi connectivity index (χ1) is 12.5. The van der Waals surface area contributed by atoms with E-state index in [1.54, 1.807) is 18.2 Å². The minimum atomic E-state index is -0.264. The highest BCUT2D eigenvalue weighted by atomic mass is 35.5. The van der Waals surface area contributed by atoms with Crippen molar-refractivity contribution in [1.82, 2.24) is 0 Å². The van der Waals surface area contributed by atoms with E-state index in [-0.39, 0.29) is 18.5 Å². The largest absolute Gasteiger partial charge is 0.466 e. The second-order valence-corrected chi connectivity index (χ2v) is 7.15. The van der Waals surface area contributed by atoms with Crippen molar-refractivity contribution < 1.29 is 19.1 Å². The number of carbonyl (C=O) groups excluding carboxylic acids is 2. The van der Waals surface area contributed by atoms with Gasteiger partial charge in [0.15, 0.2) is 0 Å². The van der Waals surface area contributed by atoms with Gasteiger partial charge in [0, 0.05) is 22.9 Å². The molecule has 0 aliphatic rings. The summed E-state index contributed by atoms with van der Waals surface area (Å²) in [5, 5.41) is 1.03. The smallest absolute Gasteiger partial charge is 0.306 e. The van der Waals surface area contributed by atoms with Crippen molar-refractivity contribution >= 4 is 35.1 Å². The predicted octanol–water partition coefficient (Wildman–Crippen LogP) is 6.11. The Morgan fingerprint density at radius 2 is 1.38 bits per heavy atom. The Kier molecular flexibility index (Phi) is 12.2. The van der Waals surface area contributed by atoms with Gasteiger partial charge in [0.25, 0.3) is 0 Å². The maximum absolute atomic E-state index is 11.7. The van der Waals surface area contributed by atoms with Crippen molar-refractivity contribution in [3.63, 3.8) is 0 Å². The molecule has 0 aliphatic carbocycles. The summed E-state index contributed by atoms with van der Waals surface area (Å²) in [6.45, 7) is 2.82. The number of ether oxygens (including phenoxy) is 2. The molecule has 0 aromatic heterocycles. The summed E-state index contributed by atoms with van der Waals surface area (Å²) in [6, 6.07) is 5.06. The molecule has 0 amide bonds. The van der Waals surface area contributed by atoms with E-state index in [2.05, 4.69) is 6.92 Å². The normalized spacial score (nSPS) is 10.6. The van der Waals surface area contributed by atoms with Crippen molar-refractivity contribution in [3.8, 4) is 0 Å². The van der Waals surface area contributed by atoms with Gasteiger partial charge < -0.3 is 9.47 Å². The molecule has 1 aromatic rings. The maximum atomic E-state index is 11.7. The van der Waals surface area contributed by atoms with Crippen molar-refractivity contribution in [2.45, 2.75) is 71.3 Å². The summed E-state index contributed by atoms with van der Waals surface area (Å²) in [7, 11) is 0. The zero-order valence-corrected chi connectivity index (χ0v) is 16.9. The van der Waals surface area contributed by atoms with Crippen LogP contribution < -0.4 is 0 Å². The van der Waals surface area contributed by atoms with Crippen LogP contribution in [0.25, 0.3) is 0 Å². The van der Waals surface area contributed by atoms with Gasteiger partial charge in [-0.1, -0.05) is 55.8 Å². The fourth-order valence-corrected chi connectivity index (χ4v) is 3.00. The highest BCUT2D eigenvalue weighted by Crippen LogP contribution is 2.19. The Labute approximate surface area is 166 Å². The molecule has 1 rings (SSSR count). The molecule has 146 valence electrons. The fourth-order valence-electron chi connectivity index (χ4n) is 2.43. The SMILES string of the molecule is CCCCCCOC(=O)CCCCCC(=O)OCc1cc(Cl)cc(Cl)c1. The number of esters is 2. The van der Waals surface area contributed by atoms with Crippen LogP contribution in [-0.2, 0) is 25.7 Å². The van der Waals surface area contributed by atoms with E-state index in [0.717, 1.165) is 31.2 Å². The van der Waals surface area contributed by atoms with Crippen LogP contribution in [0, 0.1) is 0 Å². The lowest BCUT2D eigenvalue weighted by atomic mass is 10.1. The van der Waals surface area contributed by atoms with E-state index in [1.807, 2.05) is 0 Å². The molecule has 26 heavy (non-hydrogen) atoms. The highest BCUT2D eigenvalue weighted by molar-refractivity contribution is 6.34. The van der Waals surface area contributed by atoms with Crippen LogP contribution in [0.15, 0.2) is 18.2 Å². The standard InChI is InChI=1S/C20H28Cl2O4/c1-2-3-4-8-11-25-19(23)9-6-5-7-10-20(24)26-15-16-12-17(21)14-18(22)13-16/h12-14H,2-11,15H2,1H3. The number of hydrogen-bond acceptors (Lipinski definition) is 4. The number of hydrogen-bond donors (Lipinski definition) is 0. The molecular weight excluding hydrogens is 375 g/mol. The lowest BCUT2D eigenvalue weighted by Gasteiger charge is -2.06. The number of benzene rings is 1. The molecule has 4 nitrogen and oxygen atoms in total. The topological polar surface area (TPSA) is 52.6 Å².